The largest absolute Gasteiger partial charge is 0.486 e. The zero-order valence-electron chi connectivity index (χ0n) is 13.4. The van der Waals surface area contributed by atoms with Gasteiger partial charge in [0.1, 0.15) is 11.9 Å². The molecule has 1 aliphatic heterocycles. The molecule has 0 saturated carbocycles. The number of thiazole rings is 1. The third-order valence-corrected chi connectivity index (χ3v) is 4.78. The number of hydrogen-bond acceptors (Lipinski definition) is 5. The average molecular weight is 331 g/mol. The smallest absolute Gasteiger partial charge is 0.223 e. The number of nitrogen functional groups attached to an aromatic ring is 1. The van der Waals surface area contributed by atoms with Gasteiger partial charge in [-0.3, -0.25) is 4.79 Å². The van der Waals surface area contributed by atoms with Crippen LogP contribution in [0.2, 0.25) is 0 Å². The Morgan fingerprint density at radius 1 is 1.39 bits per heavy atom. The van der Waals surface area contributed by atoms with Gasteiger partial charge in [0, 0.05) is 11.8 Å². The lowest BCUT2D eigenvalue weighted by molar-refractivity contribution is -0.139. The molecule has 6 heteroatoms. The summed E-state index contributed by atoms with van der Waals surface area (Å²) in [5, 5.41) is 2.46. The maximum absolute atomic E-state index is 12.2. The first-order valence-corrected chi connectivity index (χ1v) is 8.61. The first kappa shape index (κ1) is 15.8. The Bertz CT molecular complexity index is 687. The van der Waals surface area contributed by atoms with E-state index in [1.807, 2.05) is 42.3 Å². The molecule has 1 amide bonds. The van der Waals surface area contributed by atoms with Gasteiger partial charge in [0.25, 0.3) is 0 Å². The number of aryl methyl sites for hydroxylation is 3. The Hall–Kier alpha value is -2.08. The van der Waals surface area contributed by atoms with E-state index < -0.39 is 0 Å². The summed E-state index contributed by atoms with van der Waals surface area (Å²) in [4.78, 5) is 18.2. The molecule has 0 unspecified atom stereocenters. The van der Waals surface area contributed by atoms with Crippen LogP contribution >= 0.6 is 11.3 Å². The molecule has 2 aromatic rings. The highest BCUT2D eigenvalue weighted by atomic mass is 32.1. The van der Waals surface area contributed by atoms with E-state index in [0.29, 0.717) is 31.1 Å². The van der Waals surface area contributed by atoms with Gasteiger partial charge in [0.2, 0.25) is 5.91 Å². The van der Waals surface area contributed by atoms with Crippen LogP contribution in [0.3, 0.4) is 0 Å². The molecule has 1 aromatic carbocycles. The van der Waals surface area contributed by atoms with Gasteiger partial charge in [-0.2, -0.15) is 0 Å². The van der Waals surface area contributed by atoms with Crippen molar-refractivity contribution in [1.29, 1.82) is 0 Å². The zero-order chi connectivity index (χ0) is 16.4. The zero-order valence-corrected chi connectivity index (χ0v) is 14.2. The molecule has 5 nitrogen and oxygen atoms in total. The fourth-order valence-electron chi connectivity index (χ4n) is 2.70. The van der Waals surface area contributed by atoms with Gasteiger partial charge in [0.05, 0.1) is 18.8 Å². The van der Waals surface area contributed by atoms with Crippen LogP contribution in [0, 0.1) is 13.8 Å². The number of nitrogens with two attached hydrogens (primary N) is 1. The van der Waals surface area contributed by atoms with Gasteiger partial charge in [-0.15, -0.1) is 11.3 Å². The quantitative estimate of drug-likeness (QED) is 0.914. The van der Waals surface area contributed by atoms with Crippen LogP contribution in [0.4, 0.5) is 5.13 Å². The molecule has 1 saturated heterocycles. The predicted molar refractivity (Wildman–Crippen MR) is 91.8 cm³/mol. The Balaban J connectivity index is 1.46. The number of carbonyl (C=O) groups excluding carboxylic acids is 1. The monoisotopic (exact) mass is 331 g/mol. The van der Waals surface area contributed by atoms with E-state index in [9.17, 15) is 4.79 Å². The number of rotatable bonds is 5. The third-order valence-electron chi connectivity index (χ3n) is 4.06. The molecule has 0 bridgehead atoms. The van der Waals surface area contributed by atoms with Crippen LogP contribution in [0.25, 0.3) is 0 Å². The van der Waals surface area contributed by atoms with E-state index in [-0.39, 0.29) is 12.0 Å². The van der Waals surface area contributed by atoms with E-state index in [4.69, 9.17) is 10.5 Å². The van der Waals surface area contributed by atoms with Crippen molar-refractivity contribution in [3.63, 3.8) is 0 Å². The number of para-hydroxylation sites is 1. The molecule has 0 aliphatic carbocycles. The number of nitrogens with zero attached hydrogens (tertiary/aromatic N) is 2. The second kappa shape index (κ2) is 6.58. The Morgan fingerprint density at radius 2 is 2.09 bits per heavy atom. The minimum Gasteiger partial charge on any atom is -0.486 e. The lowest BCUT2D eigenvalue weighted by atomic mass is 10.1. The first-order chi connectivity index (χ1) is 11.0. The molecular weight excluding hydrogens is 310 g/mol. The minimum atomic E-state index is 0.0914. The van der Waals surface area contributed by atoms with Crippen molar-refractivity contribution < 1.29 is 9.53 Å². The average Bonchev–Trinajstić information content (AvgIpc) is 2.88. The van der Waals surface area contributed by atoms with Crippen LogP contribution in [-0.4, -0.2) is 35.0 Å². The third kappa shape index (κ3) is 3.64. The number of carbonyl (C=O) groups is 1. The summed E-state index contributed by atoms with van der Waals surface area (Å²) in [6.45, 7) is 5.41. The number of likely N-dealkylation sites (tertiary alicyclic amines) is 1. The van der Waals surface area contributed by atoms with E-state index >= 15 is 0 Å². The number of anilines is 1. The summed E-state index contributed by atoms with van der Waals surface area (Å²) in [5.74, 6) is 1.10. The van der Waals surface area contributed by atoms with Crippen molar-refractivity contribution in [3.8, 4) is 5.75 Å². The van der Waals surface area contributed by atoms with Crippen molar-refractivity contribution in [2.24, 2.45) is 0 Å². The highest BCUT2D eigenvalue weighted by Gasteiger charge is 2.32. The van der Waals surface area contributed by atoms with E-state index in [2.05, 4.69) is 4.98 Å². The van der Waals surface area contributed by atoms with Crippen molar-refractivity contribution in [2.75, 3.05) is 18.8 Å². The fraction of sp³-hybridized carbons (Fsp3) is 0.412. The summed E-state index contributed by atoms with van der Waals surface area (Å²) in [6, 6.07) is 6.12. The van der Waals surface area contributed by atoms with Gasteiger partial charge in [-0.1, -0.05) is 18.2 Å². The summed E-state index contributed by atoms with van der Waals surface area (Å²) in [5.41, 5.74) is 8.76. The summed E-state index contributed by atoms with van der Waals surface area (Å²) in [6.07, 6.45) is 1.21. The first-order valence-electron chi connectivity index (χ1n) is 7.73. The summed E-state index contributed by atoms with van der Waals surface area (Å²) in [7, 11) is 0. The molecule has 2 heterocycles. The van der Waals surface area contributed by atoms with E-state index in [1.54, 1.807) is 0 Å². The van der Waals surface area contributed by atoms with E-state index in [1.165, 1.54) is 11.3 Å². The molecule has 1 fully saturated rings. The van der Waals surface area contributed by atoms with Crippen molar-refractivity contribution in [1.82, 2.24) is 9.88 Å². The molecule has 3 rings (SSSR count). The van der Waals surface area contributed by atoms with Crippen LogP contribution in [0.15, 0.2) is 23.6 Å². The lowest BCUT2D eigenvalue weighted by Crippen LogP contribution is -2.56. The standard InChI is InChI=1S/C17H21N3O2S/c1-11-4-3-5-12(2)16(11)22-14-8-20(9-14)15(21)7-6-13-10-23-17(18)19-13/h3-5,10,14H,6-9H2,1-2H3,(H2,18,19). The Kier molecular flexibility index (Phi) is 4.52. The van der Waals surface area contributed by atoms with Gasteiger partial charge in [-0.05, 0) is 31.4 Å². The second-order valence-corrected chi connectivity index (χ2v) is 6.83. The molecule has 23 heavy (non-hydrogen) atoms. The SMILES string of the molecule is Cc1cccc(C)c1OC1CN(C(=O)CCc2csc(N)n2)C1. The Labute approximate surface area is 140 Å². The van der Waals surface area contributed by atoms with Crippen LogP contribution < -0.4 is 10.5 Å². The van der Waals surface area contributed by atoms with Gasteiger partial charge < -0.3 is 15.4 Å². The van der Waals surface area contributed by atoms with Crippen molar-refractivity contribution in [3.05, 3.63) is 40.4 Å². The topological polar surface area (TPSA) is 68.5 Å². The van der Waals surface area contributed by atoms with Gasteiger partial charge in [0.15, 0.2) is 5.13 Å². The minimum absolute atomic E-state index is 0.0914. The molecule has 122 valence electrons. The number of amides is 1. The molecular formula is C17H21N3O2S. The summed E-state index contributed by atoms with van der Waals surface area (Å²) < 4.78 is 6.04. The number of ether oxygens (including phenoxy) is 1. The van der Waals surface area contributed by atoms with Crippen molar-refractivity contribution >= 4 is 22.4 Å². The van der Waals surface area contributed by atoms with Gasteiger partial charge >= 0.3 is 0 Å². The molecule has 0 spiro atoms. The maximum atomic E-state index is 12.2. The molecule has 0 radical (unpaired) electrons. The molecule has 0 atom stereocenters. The highest BCUT2D eigenvalue weighted by Crippen LogP contribution is 2.26. The predicted octanol–water partition coefficient (Wildman–Crippen LogP) is 2.56. The van der Waals surface area contributed by atoms with Gasteiger partial charge in [-0.25, -0.2) is 4.98 Å². The number of hydrogen-bond donors (Lipinski definition) is 1. The maximum Gasteiger partial charge on any atom is 0.223 e. The lowest BCUT2D eigenvalue weighted by Gasteiger charge is -2.39. The normalized spacial score (nSPS) is 14.6. The van der Waals surface area contributed by atoms with Crippen LogP contribution in [-0.2, 0) is 11.2 Å². The van der Waals surface area contributed by atoms with E-state index in [0.717, 1.165) is 22.6 Å². The highest BCUT2D eigenvalue weighted by molar-refractivity contribution is 7.13. The summed E-state index contributed by atoms with van der Waals surface area (Å²) >= 11 is 1.41. The molecule has 1 aromatic heterocycles. The van der Waals surface area contributed by atoms with Crippen LogP contribution in [0.5, 0.6) is 5.75 Å². The Morgan fingerprint density at radius 3 is 2.70 bits per heavy atom. The van der Waals surface area contributed by atoms with Crippen molar-refractivity contribution in [2.45, 2.75) is 32.8 Å². The number of benzene rings is 1. The molecule has 1 aliphatic rings. The second-order valence-electron chi connectivity index (χ2n) is 5.94. The van der Waals surface area contributed by atoms with Crippen LogP contribution in [0.1, 0.15) is 23.2 Å². The number of aromatic nitrogens is 1. The molecule has 2 N–H and O–H groups in total. The fourth-order valence-corrected chi connectivity index (χ4v) is 3.30.